The lowest BCUT2D eigenvalue weighted by Gasteiger charge is -2.11. The summed E-state index contributed by atoms with van der Waals surface area (Å²) >= 11 is 1.70. The molecule has 0 unspecified atom stereocenters. The van der Waals surface area contributed by atoms with Crippen LogP contribution in [0.25, 0.3) is 0 Å². The molecule has 2 rings (SSSR count). The van der Waals surface area contributed by atoms with Crippen LogP contribution in [0, 0.1) is 6.92 Å². The molecule has 3 N–H and O–H groups in total. The lowest BCUT2D eigenvalue weighted by molar-refractivity contribution is 0.761. The minimum absolute atomic E-state index is 0.709. The average Bonchev–Trinajstić information content (AvgIpc) is 2.96. The van der Waals surface area contributed by atoms with Crippen molar-refractivity contribution in [2.45, 2.75) is 19.9 Å². The number of aromatic nitrogens is 1. The predicted molar refractivity (Wildman–Crippen MR) is 94.6 cm³/mol. The number of nitrogens with one attached hydrogen (secondary N) is 3. The van der Waals surface area contributed by atoms with Gasteiger partial charge in [-0.3, -0.25) is 4.99 Å². The molecule has 0 bridgehead atoms. The quantitative estimate of drug-likeness (QED) is 0.417. The van der Waals surface area contributed by atoms with Gasteiger partial charge in [0.05, 0.1) is 6.54 Å². The van der Waals surface area contributed by atoms with Crippen molar-refractivity contribution >= 4 is 23.0 Å². The molecule has 0 spiro atoms. The van der Waals surface area contributed by atoms with Gasteiger partial charge in [-0.2, -0.15) is 0 Å². The van der Waals surface area contributed by atoms with E-state index in [0.29, 0.717) is 6.54 Å². The Morgan fingerprint density at radius 3 is 2.68 bits per heavy atom. The third-order valence-corrected chi connectivity index (χ3v) is 3.96. The van der Waals surface area contributed by atoms with Crippen LogP contribution in [0.5, 0.6) is 0 Å². The summed E-state index contributed by atoms with van der Waals surface area (Å²) in [7, 11) is 1.78. The summed E-state index contributed by atoms with van der Waals surface area (Å²) in [6.07, 6.45) is 2.92. The van der Waals surface area contributed by atoms with Crippen molar-refractivity contribution < 1.29 is 0 Å². The monoisotopic (exact) mass is 317 g/mol. The van der Waals surface area contributed by atoms with Gasteiger partial charge in [0.15, 0.2) is 5.96 Å². The first-order valence-electron chi connectivity index (χ1n) is 7.42. The predicted octanol–water partition coefficient (Wildman–Crippen LogP) is 2.62. The number of hydrogen-bond donors (Lipinski definition) is 3. The summed E-state index contributed by atoms with van der Waals surface area (Å²) in [5.74, 6) is 0.813. The van der Waals surface area contributed by atoms with Crippen LogP contribution in [-0.2, 0) is 6.54 Å². The first-order valence-corrected chi connectivity index (χ1v) is 8.24. The van der Waals surface area contributed by atoms with Crippen LogP contribution in [-0.4, -0.2) is 31.1 Å². The van der Waals surface area contributed by atoms with Crippen LogP contribution in [0.4, 0.5) is 5.69 Å². The summed E-state index contributed by atoms with van der Waals surface area (Å²) in [6.45, 7) is 4.57. The molecule has 1 aromatic carbocycles. The molecule has 5 nitrogen and oxygen atoms in total. The van der Waals surface area contributed by atoms with Gasteiger partial charge < -0.3 is 16.0 Å². The van der Waals surface area contributed by atoms with Gasteiger partial charge in [0.2, 0.25) is 0 Å². The van der Waals surface area contributed by atoms with Crippen LogP contribution in [0.2, 0.25) is 0 Å². The second-order valence-electron chi connectivity index (χ2n) is 4.86. The van der Waals surface area contributed by atoms with E-state index in [9.17, 15) is 0 Å². The Bertz CT molecular complexity index is 579. The summed E-state index contributed by atoms with van der Waals surface area (Å²) < 4.78 is 0. The van der Waals surface area contributed by atoms with E-state index in [0.717, 1.165) is 36.2 Å². The van der Waals surface area contributed by atoms with Gasteiger partial charge in [0.25, 0.3) is 0 Å². The number of rotatable bonds is 7. The van der Waals surface area contributed by atoms with Gasteiger partial charge in [0, 0.05) is 36.9 Å². The maximum atomic E-state index is 4.33. The number of benzene rings is 1. The first kappa shape index (κ1) is 16.3. The van der Waals surface area contributed by atoms with Gasteiger partial charge in [-0.25, -0.2) is 4.98 Å². The molecule has 1 aromatic heterocycles. The third-order valence-electron chi connectivity index (χ3n) is 3.05. The van der Waals surface area contributed by atoms with Crippen LogP contribution >= 0.6 is 11.3 Å². The fourth-order valence-corrected chi connectivity index (χ4v) is 2.67. The van der Waals surface area contributed by atoms with Crippen molar-refractivity contribution in [3.63, 3.8) is 0 Å². The number of thiazole rings is 1. The second-order valence-corrected chi connectivity index (χ2v) is 6.18. The van der Waals surface area contributed by atoms with Crippen LogP contribution in [0.1, 0.15) is 16.3 Å². The molecule has 0 aliphatic carbocycles. The molecule has 2 aromatic rings. The lowest BCUT2D eigenvalue weighted by Crippen LogP contribution is -2.37. The minimum Gasteiger partial charge on any atom is -0.385 e. The zero-order chi connectivity index (χ0) is 15.6. The zero-order valence-electron chi connectivity index (χ0n) is 13.1. The number of para-hydroxylation sites is 1. The standard InChI is InChI=1S/C16H23N5S/c1-13-11-20-15(22-13)12-21-16(17-2)19-10-6-9-18-14-7-4-3-5-8-14/h3-5,7-8,11,18H,6,9-10,12H2,1-2H3,(H2,17,19,21). The van der Waals surface area contributed by atoms with Crippen LogP contribution < -0.4 is 16.0 Å². The van der Waals surface area contributed by atoms with E-state index in [1.165, 1.54) is 4.88 Å². The van der Waals surface area contributed by atoms with Crippen LogP contribution in [0.3, 0.4) is 0 Å². The Labute approximate surface area is 135 Å². The third kappa shape index (κ3) is 5.73. The van der Waals surface area contributed by atoms with Gasteiger partial charge in [0.1, 0.15) is 5.01 Å². The van der Waals surface area contributed by atoms with Crippen molar-refractivity contribution in [3.8, 4) is 0 Å². The molecular formula is C16H23N5S. The van der Waals surface area contributed by atoms with Gasteiger partial charge in [-0.05, 0) is 25.5 Å². The molecular weight excluding hydrogens is 294 g/mol. The van der Waals surface area contributed by atoms with Gasteiger partial charge >= 0.3 is 0 Å². The number of aliphatic imine (C=N–C) groups is 1. The first-order chi connectivity index (χ1) is 10.8. The molecule has 0 radical (unpaired) electrons. The maximum absolute atomic E-state index is 4.33. The Balaban J connectivity index is 1.60. The highest BCUT2D eigenvalue weighted by molar-refractivity contribution is 7.11. The SMILES string of the molecule is CN=C(NCCCNc1ccccc1)NCc1ncc(C)s1. The summed E-state index contributed by atoms with van der Waals surface area (Å²) in [5.41, 5.74) is 1.16. The van der Waals surface area contributed by atoms with Crippen molar-refractivity contribution in [1.82, 2.24) is 15.6 Å². The van der Waals surface area contributed by atoms with Gasteiger partial charge in [-0.1, -0.05) is 18.2 Å². The summed E-state index contributed by atoms with van der Waals surface area (Å²) in [5, 5.41) is 11.0. The molecule has 0 atom stereocenters. The average molecular weight is 317 g/mol. The van der Waals surface area contributed by atoms with E-state index in [4.69, 9.17) is 0 Å². The van der Waals surface area contributed by atoms with Gasteiger partial charge in [-0.15, -0.1) is 11.3 Å². The Kier molecular flexibility index (Phi) is 6.70. The van der Waals surface area contributed by atoms with Crippen molar-refractivity contribution in [3.05, 3.63) is 46.4 Å². The van der Waals surface area contributed by atoms with E-state index >= 15 is 0 Å². The number of guanidine groups is 1. The van der Waals surface area contributed by atoms with Crippen LogP contribution in [0.15, 0.2) is 41.5 Å². The summed E-state index contributed by atoms with van der Waals surface area (Å²) in [4.78, 5) is 9.77. The molecule has 1 heterocycles. The Morgan fingerprint density at radius 1 is 1.18 bits per heavy atom. The molecule has 0 aliphatic heterocycles. The fourth-order valence-electron chi connectivity index (χ4n) is 1.95. The number of hydrogen-bond acceptors (Lipinski definition) is 4. The van der Waals surface area contributed by atoms with Crippen molar-refractivity contribution in [2.75, 3.05) is 25.5 Å². The highest BCUT2D eigenvalue weighted by Gasteiger charge is 2.01. The number of aryl methyl sites for hydroxylation is 1. The number of anilines is 1. The Morgan fingerprint density at radius 2 is 2.00 bits per heavy atom. The summed E-state index contributed by atoms with van der Waals surface area (Å²) in [6, 6.07) is 10.2. The van der Waals surface area contributed by atoms with E-state index in [2.05, 4.69) is 45.0 Å². The largest absolute Gasteiger partial charge is 0.385 e. The minimum atomic E-state index is 0.709. The smallest absolute Gasteiger partial charge is 0.191 e. The number of nitrogens with zero attached hydrogens (tertiary/aromatic N) is 2. The van der Waals surface area contributed by atoms with Crippen molar-refractivity contribution in [2.24, 2.45) is 4.99 Å². The molecule has 0 saturated carbocycles. The molecule has 6 heteroatoms. The second kappa shape index (κ2) is 9.04. The highest BCUT2D eigenvalue weighted by Crippen LogP contribution is 2.10. The van der Waals surface area contributed by atoms with E-state index in [-0.39, 0.29) is 0 Å². The molecule has 118 valence electrons. The molecule has 22 heavy (non-hydrogen) atoms. The normalized spacial score (nSPS) is 11.3. The molecule has 0 aliphatic rings. The Hall–Kier alpha value is -2.08. The molecule has 0 amide bonds. The molecule has 0 fully saturated rings. The van der Waals surface area contributed by atoms with E-state index in [1.807, 2.05) is 24.4 Å². The van der Waals surface area contributed by atoms with E-state index in [1.54, 1.807) is 18.4 Å². The lowest BCUT2D eigenvalue weighted by atomic mass is 10.3. The van der Waals surface area contributed by atoms with E-state index < -0.39 is 0 Å². The topological polar surface area (TPSA) is 61.3 Å². The highest BCUT2D eigenvalue weighted by atomic mass is 32.1. The molecule has 0 saturated heterocycles. The van der Waals surface area contributed by atoms with Crippen molar-refractivity contribution in [1.29, 1.82) is 0 Å². The fraction of sp³-hybridized carbons (Fsp3) is 0.375. The maximum Gasteiger partial charge on any atom is 0.191 e. The zero-order valence-corrected chi connectivity index (χ0v) is 13.9.